The SMILES string of the molecule is CC(C)CNCC1CCC(C)CC1CCc1cnn(C)c1. The molecule has 120 valence electrons. The van der Waals surface area contributed by atoms with Crippen LogP contribution in [0.1, 0.15) is 52.0 Å². The zero-order valence-electron chi connectivity index (χ0n) is 14.3. The van der Waals surface area contributed by atoms with E-state index < -0.39 is 0 Å². The molecule has 1 N–H and O–H groups in total. The van der Waals surface area contributed by atoms with E-state index in [1.165, 1.54) is 44.2 Å². The highest BCUT2D eigenvalue weighted by molar-refractivity contribution is 5.04. The van der Waals surface area contributed by atoms with Crippen molar-refractivity contribution in [3.05, 3.63) is 18.0 Å². The van der Waals surface area contributed by atoms with E-state index in [-0.39, 0.29) is 0 Å². The fraction of sp³-hybridized carbons (Fsp3) is 0.833. The summed E-state index contributed by atoms with van der Waals surface area (Å²) in [6.07, 6.45) is 10.9. The highest BCUT2D eigenvalue weighted by Crippen LogP contribution is 2.36. The molecule has 1 fully saturated rings. The van der Waals surface area contributed by atoms with Gasteiger partial charge in [0.05, 0.1) is 6.20 Å². The van der Waals surface area contributed by atoms with E-state index in [0.29, 0.717) is 0 Å². The number of nitrogens with one attached hydrogen (secondary N) is 1. The molecule has 1 saturated carbocycles. The number of aryl methyl sites for hydroxylation is 2. The van der Waals surface area contributed by atoms with Gasteiger partial charge in [-0.3, -0.25) is 4.68 Å². The van der Waals surface area contributed by atoms with Crippen LogP contribution < -0.4 is 5.32 Å². The lowest BCUT2D eigenvalue weighted by Gasteiger charge is -2.35. The Morgan fingerprint density at radius 2 is 2.14 bits per heavy atom. The van der Waals surface area contributed by atoms with Gasteiger partial charge in [-0.05, 0) is 68.0 Å². The van der Waals surface area contributed by atoms with Crippen LogP contribution in [-0.4, -0.2) is 22.9 Å². The van der Waals surface area contributed by atoms with E-state index in [2.05, 4.69) is 37.4 Å². The number of rotatable bonds is 7. The molecule has 0 aromatic carbocycles. The zero-order chi connectivity index (χ0) is 15.2. The summed E-state index contributed by atoms with van der Waals surface area (Å²) in [5.74, 6) is 3.41. The van der Waals surface area contributed by atoms with E-state index in [9.17, 15) is 0 Å². The Kier molecular flexibility index (Phi) is 6.28. The Hall–Kier alpha value is -0.830. The summed E-state index contributed by atoms with van der Waals surface area (Å²) in [6, 6.07) is 0. The van der Waals surface area contributed by atoms with Gasteiger partial charge in [0.1, 0.15) is 0 Å². The molecule has 3 nitrogen and oxygen atoms in total. The number of hydrogen-bond acceptors (Lipinski definition) is 2. The number of aromatic nitrogens is 2. The molecule has 0 spiro atoms. The van der Waals surface area contributed by atoms with E-state index in [1.54, 1.807) is 0 Å². The molecule has 1 heterocycles. The van der Waals surface area contributed by atoms with Crippen LogP contribution in [0.2, 0.25) is 0 Å². The second kappa shape index (κ2) is 7.98. The maximum Gasteiger partial charge on any atom is 0.0521 e. The molecule has 1 aromatic heterocycles. The van der Waals surface area contributed by atoms with Crippen LogP contribution in [0.4, 0.5) is 0 Å². The van der Waals surface area contributed by atoms with Crippen molar-refractivity contribution in [2.24, 2.45) is 30.7 Å². The molecular weight excluding hydrogens is 258 g/mol. The molecule has 3 atom stereocenters. The highest BCUT2D eigenvalue weighted by Gasteiger charge is 2.28. The lowest BCUT2D eigenvalue weighted by atomic mass is 9.72. The third-order valence-electron chi connectivity index (χ3n) is 4.92. The van der Waals surface area contributed by atoms with Gasteiger partial charge in [-0.2, -0.15) is 5.10 Å². The molecule has 0 amide bonds. The molecule has 21 heavy (non-hydrogen) atoms. The van der Waals surface area contributed by atoms with Crippen molar-refractivity contribution in [2.75, 3.05) is 13.1 Å². The molecule has 0 saturated heterocycles. The molecule has 2 rings (SSSR count). The second-order valence-corrected chi connectivity index (χ2v) is 7.55. The topological polar surface area (TPSA) is 29.9 Å². The number of nitrogens with zero attached hydrogens (tertiary/aromatic N) is 2. The predicted molar refractivity (Wildman–Crippen MR) is 89.2 cm³/mol. The Labute approximate surface area is 130 Å². The van der Waals surface area contributed by atoms with Gasteiger partial charge in [0.2, 0.25) is 0 Å². The Morgan fingerprint density at radius 3 is 2.81 bits per heavy atom. The molecule has 1 aromatic rings. The fourth-order valence-electron chi connectivity index (χ4n) is 3.69. The predicted octanol–water partition coefficient (Wildman–Crippen LogP) is 3.65. The van der Waals surface area contributed by atoms with Crippen molar-refractivity contribution < 1.29 is 0 Å². The van der Waals surface area contributed by atoms with Crippen molar-refractivity contribution in [1.82, 2.24) is 15.1 Å². The van der Waals surface area contributed by atoms with Gasteiger partial charge in [0.25, 0.3) is 0 Å². The van der Waals surface area contributed by atoms with E-state index in [0.717, 1.165) is 30.2 Å². The summed E-state index contributed by atoms with van der Waals surface area (Å²) in [4.78, 5) is 0. The van der Waals surface area contributed by atoms with Gasteiger partial charge in [-0.15, -0.1) is 0 Å². The summed E-state index contributed by atoms with van der Waals surface area (Å²) in [7, 11) is 2.00. The molecule has 3 unspecified atom stereocenters. The average Bonchev–Trinajstić information content (AvgIpc) is 2.84. The van der Waals surface area contributed by atoms with Crippen LogP contribution in [0.25, 0.3) is 0 Å². The maximum atomic E-state index is 4.29. The summed E-state index contributed by atoms with van der Waals surface area (Å²) in [6.45, 7) is 9.37. The molecule has 1 aliphatic carbocycles. The quantitative estimate of drug-likeness (QED) is 0.831. The lowest BCUT2D eigenvalue weighted by Crippen LogP contribution is -2.34. The second-order valence-electron chi connectivity index (χ2n) is 7.55. The highest BCUT2D eigenvalue weighted by atomic mass is 15.2. The molecular formula is C18H33N3. The fourth-order valence-corrected chi connectivity index (χ4v) is 3.69. The first-order chi connectivity index (χ1) is 10.0. The van der Waals surface area contributed by atoms with E-state index >= 15 is 0 Å². The van der Waals surface area contributed by atoms with Crippen LogP contribution in [0.5, 0.6) is 0 Å². The van der Waals surface area contributed by atoms with Gasteiger partial charge in [0, 0.05) is 13.2 Å². The van der Waals surface area contributed by atoms with Gasteiger partial charge in [0.15, 0.2) is 0 Å². The molecule has 1 aliphatic rings. The molecule has 3 heteroatoms. The van der Waals surface area contributed by atoms with Crippen LogP contribution in [-0.2, 0) is 13.5 Å². The van der Waals surface area contributed by atoms with Gasteiger partial charge in [-0.1, -0.05) is 27.2 Å². The van der Waals surface area contributed by atoms with E-state index in [1.807, 2.05) is 17.9 Å². The molecule has 0 bridgehead atoms. The summed E-state index contributed by atoms with van der Waals surface area (Å²) < 4.78 is 1.92. The zero-order valence-corrected chi connectivity index (χ0v) is 14.3. The average molecular weight is 291 g/mol. The van der Waals surface area contributed by atoms with E-state index in [4.69, 9.17) is 0 Å². The van der Waals surface area contributed by atoms with Gasteiger partial charge < -0.3 is 5.32 Å². The van der Waals surface area contributed by atoms with Crippen molar-refractivity contribution in [1.29, 1.82) is 0 Å². The van der Waals surface area contributed by atoms with Gasteiger partial charge >= 0.3 is 0 Å². The summed E-state index contributed by atoms with van der Waals surface area (Å²) in [5, 5.41) is 7.97. The third-order valence-corrected chi connectivity index (χ3v) is 4.92. The first-order valence-corrected chi connectivity index (χ1v) is 8.72. The lowest BCUT2D eigenvalue weighted by molar-refractivity contribution is 0.174. The smallest absolute Gasteiger partial charge is 0.0521 e. The Morgan fingerprint density at radius 1 is 1.33 bits per heavy atom. The largest absolute Gasteiger partial charge is 0.316 e. The van der Waals surface area contributed by atoms with Crippen molar-refractivity contribution in [3.63, 3.8) is 0 Å². The maximum absolute atomic E-state index is 4.29. The van der Waals surface area contributed by atoms with Crippen molar-refractivity contribution >= 4 is 0 Å². The standard InChI is InChI=1S/C18H33N3/c1-14(2)10-19-12-18-7-5-15(3)9-17(18)8-6-16-11-20-21(4)13-16/h11,13-15,17-19H,5-10,12H2,1-4H3. The van der Waals surface area contributed by atoms with Crippen LogP contribution >= 0.6 is 0 Å². The Bertz CT molecular complexity index is 410. The minimum atomic E-state index is 0.751. The first-order valence-electron chi connectivity index (χ1n) is 8.72. The first kappa shape index (κ1) is 16.5. The minimum Gasteiger partial charge on any atom is -0.316 e. The van der Waals surface area contributed by atoms with Crippen molar-refractivity contribution in [3.8, 4) is 0 Å². The molecule has 0 radical (unpaired) electrons. The number of hydrogen-bond donors (Lipinski definition) is 1. The summed E-state index contributed by atoms with van der Waals surface area (Å²) in [5.41, 5.74) is 1.39. The normalized spacial score (nSPS) is 26.4. The monoisotopic (exact) mass is 291 g/mol. The van der Waals surface area contributed by atoms with Crippen molar-refractivity contribution in [2.45, 2.75) is 52.9 Å². The van der Waals surface area contributed by atoms with Crippen LogP contribution in [0.15, 0.2) is 12.4 Å². The third kappa shape index (κ3) is 5.46. The van der Waals surface area contributed by atoms with Crippen LogP contribution in [0.3, 0.4) is 0 Å². The Balaban J connectivity index is 1.82. The minimum absolute atomic E-state index is 0.751. The summed E-state index contributed by atoms with van der Waals surface area (Å²) >= 11 is 0. The van der Waals surface area contributed by atoms with Gasteiger partial charge in [-0.25, -0.2) is 0 Å². The molecule has 0 aliphatic heterocycles. The van der Waals surface area contributed by atoms with Crippen LogP contribution in [0, 0.1) is 23.7 Å².